The second-order valence-corrected chi connectivity index (χ2v) is 6.85. The van der Waals surface area contributed by atoms with Crippen molar-refractivity contribution in [3.8, 4) is 0 Å². The fourth-order valence-electron chi connectivity index (χ4n) is 2.03. The van der Waals surface area contributed by atoms with Crippen LogP contribution < -0.4 is 5.32 Å². The molecule has 25 heavy (non-hydrogen) atoms. The standard InChI is InChI=1S/C17H10Cl2N2O3S/c18-12-6-5-11(8-13(12)19)20-17-21-15(22)14(25-17)7-9-1-3-10(4-2-9)16(23)24/h1-8H,(H,23,24)(H,20,21,22)/b14-7-. The Bertz CT molecular complexity index is 924. The molecule has 126 valence electrons. The van der Waals surface area contributed by atoms with Gasteiger partial charge in [0, 0.05) is 0 Å². The molecule has 1 saturated heterocycles. The molecule has 0 bridgehead atoms. The summed E-state index contributed by atoms with van der Waals surface area (Å²) in [5.74, 6) is -1.27. The van der Waals surface area contributed by atoms with Gasteiger partial charge >= 0.3 is 5.97 Å². The number of carboxylic acid groups (broad SMARTS) is 1. The Hall–Kier alpha value is -2.28. The minimum atomic E-state index is -0.997. The van der Waals surface area contributed by atoms with E-state index in [1.54, 1.807) is 36.4 Å². The molecule has 8 heteroatoms. The number of halogens is 2. The Balaban J connectivity index is 1.80. The zero-order valence-corrected chi connectivity index (χ0v) is 14.8. The zero-order chi connectivity index (χ0) is 18.0. The third kappa shape index (κ3) is 4.22. The van der Waals surface area contributed by atoms with Gasteiger partial charge in [0.1, 0.15) is 0 Å². The van der Waals surface area contributed by atoms with Gasteiger partial charge in [-0.15, -0.1) is 0 Å². The first kappa shape index (κ1) is 17.5. The van der Waals surface area contributed by atoms with Gasteiger partial charge in [-0.2, -0.15) is 0 Å². The summed E-state index contributed by atoms with van der Waals surface area (Å²) in [5, 5.41) is 12.8. The van der Waals surface area contributed by atoms with E-state index in [4.69, 9.17) is 28.3 Å². The molecule has 0 spiro atoms. The summed E-state index contributed by atoms with van der Waals surface area (Å²) in [6, 6.07) is 11.2. The number of amides is 1. The number of hydrogen-bond donors (Lipinski definition) is 2. The Labute approximate surface area is 157 Å². The molecule has 0 radical (unpaired) electrons. The Morgan fingerprint density at radius 2 is 1.84 bits per heavy atom. The minimum Gasteiger partial charge on any atom is -0.478 e. The molecule has 5 nitrogen and oxygen atoms in total. The van der Waals surface area contributed by atoms with Gasteiger partial charge in [0.25, 0.3) is 5.91 Å². The first-order chi connectivity index (χ1) is 11.9. The fraction of sp³-hybridized carbons (Fsp3) is 0. The molecule has 3 rings (SSSR count). The van der Waals surface area contributed by atoms with Gasteiger partial charge in [0.2, 0.25) is 0 Å². The van der Waals surface area contributed by atoms with Crippen molar-refractivity contribution in [1.29, 1.82) is 0 Å². The second kappa shape index (κ2) is 7.31. The zero-order valence-electron chi connectivity index (χ0n) is 12.5. The third-order valence-corrected chi connectivity index (χ3v) is 4.89. The second-order valence-electron chi connectivity index (χ2n) is 5.01. The summed E-state index contributed by atoms with van der Waals surface area (Å²) in [6.45, 7) is 0. The number of rotatable bonds is 3. The number of hydrogen-bond acceptors (Lipinski definition) is 4. The number of benzene rings is 2. The third-order valence-electron chi connectivity index (χ3n) is 3.24. The number of nitrogens with zero attached hydrogens (tertiary/aromatic N) is 1. The molecule has 0 aromatic heterocycles. The highest BCUT2D eigenvalue weighted by Crippen LogP contribution is 2.30. The van der Waals surface area contributed by atoms with E-state index in [0.29, 0.717) is 25.8 Å². The van der Waals surface area contributed by atoms with E-state index in [0.717, 1.165) is 5.56 Å². The Morgan fingerprint density at radius 3 is 2.48 bits per heavy atom. The van der Waals surface area contributed by atoms with Crippen molar-refractivity contribution in [2.75, 3.05) is 0 Å². The highest BCUT2D eigenvalue weighted by Gasteiger charge is 2.23. The summed E-state index contributed by atoms with van der Waals surface area (Å²) in [5.41, 5.74) is 1.48. The molecule has 0 aliphatic carbocycles. The summed E-state index contributed by atoms with van der Waals surface area (Å²) < 4.78 is 0. The SMILES string of the molecule is O=C1NC(=Nc2ccc(Cl)c(Cl)c2)S/C1=C\c1ccc(C(=O)O)cc1. The van der Waals surface area contributed by atoms with Crippen LogP contribution in [0.15, 0.2) is 52.4 Å². The predicted octanol–water partition coefficient (Wildman–Crippen LogP) is 4.58. The lowest BCUT2D eigenvalue weighted by atomic mass is 10.1. The lowest BCUT2D eigenvalue weighted by molar-refractivity contribution is -0.115. The monoisotopic (exact) mass is 392 g/mol. The summed E-state index contributed by atoms with van der Waals surface area (Å²) in [7, 11) is 0. The molecule has 2 N–H and O–H groups in total. The summed E-state index contributed by atoms with van der Waals surface area (Å²) in [6.07, 6.45) is 1.67. The smallest absolute Gasteiger partial charge is 0.335 e. The van der Waals surface area contributed by atoms with Gasteiger partial charge in [0.05, 0.1) is 26.2 Å². The van der Waals surface area contributed by atoms with Gasteiger partial charge in [-0.25, -0.2) is 9.79 Å². The van der Waals surface area contributed by atoms with E-state index in [-0.39, 0.29) is 11.5 Å². The number of thioether (sulfide) groups is 1. The van der Waals surface area contributed by atoms with Crippen molar-refractivity contribution in [2.45, 2.75) is 0 Å². The maximum Gasteiger partial charge on any atom is 0.335 e. The van der Waals surface area contributed by atoms with Crippen LogP contribution in [-0.2, 0) is 4.79 Å². The van der Waals surface area contributed by atoms with Crippen LogP contribution in [0.1, 0.15) is 15.9 Å². The van der Waals surface area contributed by atoms with Crippen LogP contribution in [0.3, 0.4) is 0 Å². The van der Waals surface area contributed by atoms with Gasteiger partial charge < -0.3 is 10.4 Å². The maximum absolute atomic E-state index is 12.1. The van der Waals surface area contributed by atoms with Crippen LogP contribution in [-0.4, -0.2) is 22.2 Å². The van der Waals surface area contributed by atoms with Crippen LogP contribution in [0, 0.1) is 0 Å². The predicted molar refractivity (Wildman–Crippen MR) is 101 cm³/mol. The number of aliphatic imine (C=N–C) groups is 1. The molecule has 1 aliphatic rings. The van der Waals surface area contributed by atoms with E-state index in [1.807, 2.05) is 0 Å². The van der Waals surface area contributed by atoms with Crippen LogP contribution in [0.25, 0.3) is 6.08 Å². The van der Waals surface area contributed by atoms with E-state index in [1.165, 1.54) is 23.9 Å². The minimum absolute atomic E-state index is 0.188. The largest absolute Gasteiger partial charge is 0.478 e. The number of nitrogens with one attached hydrogen (secondary N) is 1. The van der Waals surface area contributed by atoms with Crippen molar-refractivity contribution in [3.05, 3.63) is 68.5 Å². The molecular weight excluding hydrogens is 383 g/mol. The maximum atomic E-state index is 12.1. The van der Waals surface area contributed by atoms with Crippen molar-refractivity contribution in [1.82, 2.24) is 5.32 Å². The average molecular weight is 393 g/mol. The average Bonchev–Trinajstić information content (AvgIpc) is 2.91. The molecule has 0 saturated carbocycles. The van der Waals surface area contributed by atoms with Crippen LogP contribution in [0.2, 0.25) is 10.0 Å². The Kier molecular flexibility index (Phi) is 5.13. The highest BCUT2D eigenvalue weighted by atomic mass is 35.5. The van der Waals surface area contributed by atoms with E-state index < -0.39 is 5.97 Å². The molecule has 1 aliphatic heterocycles. The highest BCUT2D eigenvalue weighted by molar-refractivity contribution is 8.18. The molecule has 0 atom stereocenters. The quantitative estimate of drug-likeness (QED) is 0.748. The lowest BCUT2D eigenvalue weighted by Crippen LogP contribution is -2.19. The van der Waals surface area contributed by atoms with E-state index >= 15 is 0 Å². The number of aromatic carboxylic acids is 1. The van der Waals surface area contributed by atoms with Crippen LogP contribution in [0.4, 0.5) is 5.69 Å². The molecule has 1 amide bonds. The van der Waals surface area contributed by atoms with Crippen LogP contribution >= 0.6 is 35.0 Å². The van der Waals surface area contributed by atoms with Gasteiger partial charge in [-0.05, 0) is 53.7 Å². The summed E-state index contributed by atoms with van der Waals surface area (Å²) >= 11 is 13.0. The summed E-state index contributed by atoms with van der Waals surface area (Å²) in [4.78, 5) is 27.7. The first-order valence-electron chi connectivity index (χ1n) is 7.00. The van der Waals surface area contributed by atoms with Gasteiger partial charge in [0.15, 0.2) is 5.17 Å². The van der Waals surface area contributed by atoms with Gasteiger partial charge in [-0.1, -0.05) is 35.3 Å². The number of carbonyl (C=O) groups excluding carboxylic acids is 1. The van der Waals surface area contributed by atoms with Gasteiger partial charge in [-0.3, -0.25) is 4.79 Å². The van der Waals surface area contributed by atoms with Crippen LogP contribution in [0.5, 0.6) is 0 Å². The first-order valence-corrected chi connectivity index (χ1v) is 8.57. The number of carbonyl (C=O) groups is 2. The van der Waals surface area contributed by atoms with Crippen molar-refractivity contribution >= 4 is 63.8 Å². The van der Waals surface area contributed by atoms with E-state index in [9.17, 15) is 9.59 Å². The van der Waals surface area contributed by atoms with Crippen molar-refractivity contribution < 1.29 is 14.7 Å². The Morgan fingerprint density at radius 1 is 1.12 bits per heavy atom. The number of amidine groups is 1. The molecule has 1 fully saturated rings. The lowest BCUT2D eigenvalue weighted by Gasteiger charge is -1.99. The molecule has 1 heterocycles. The topological polar surface area (TPSA) is 78.8 Å². The van der Waals surface area contributed by atoms with E-state index in [2.05, 4.69) is 10.3 Å². The molecular formula is C17H10Cl2N2O3S. The van der Waals surface area contributed by atoms with Crippen molar-refractivity contribution in [2.24, 2.45) is 4.99 Å². The molecule has 2 aromatic carbocycles. The normalized spacial score (nSPS) is 17.1. The molecule has 2 aromatic rings. The molecule has 0 unspecified atom stereocenters. The fourth-order valence-corrected chi connectivity index (χ4v) is 3.16. The van der Waals surface area contributed by atoms with Crippen molar-refractivity contribution in [3.63, 3.8) is 0 Å². The number of carboxylic acids is 1.